The highest BCUT2D eigenvalue weighted by Crippen LogP contribution is 2.16. The molecule has 0 amide bonds. The van der Waals surface area contributed by atoms with Crippen molar-refractivity contribution >= 4 is 8.58 Å². The summed E-state index contributed by atoms with van der Waals surface area (Å²) in [6.45, 7) is 8.66. The molecule has 2 rings (SSSR count). The molecule has 0 saturated carbocycles. The summed E-state index contributed by atoms with van der Waals surface area (Å²) in [4.78, 5) is 0. The molecule has 0 bridgehead atoms. The molecule has 0 radical (unpaired) electrons. The molecule has 2 aromatic rings. The molecule has 0 saturated heterocycles. The van der Waals surface area contributed by atoms with E-state index in [1.54, 1.807) is 0 Å². The van der Waals surface area contributed by atoms with Crippen LogP contribution in [0.4, 0.5) is 0 Å². The summed E-state index contributed by atoms with van der Waals surface area (Å²) >= 11 is 0. The van der Waals surface area contributed by atoms with E-state index in [0.29, 0.717) is 0 Å². The zero-order valence-electron chi connectivity index (χ0n) is 11.8. The van der Waals surface area contributed by atoms with E-state index in [1.807, 2.05) is 0 Å². The molecule has 96 valence electrons. The van der Waals surface area contributed by atoms with Crippen molar-refractivity contribution in [2.45, 2.75) is 26.9 Å². The van der Waals surface area contributed by atoms with E-state index in [2.05, 4.69) is 76.0 Å². The quantitative estimate of drug-likeness (QED) is 0.657. The maximum atomic E-state index is 2.24. The molecule has 0 spiro atoms. The van der Waals surface area contributed by atoms with Gasteiger partial charge in [0.1, 0.15) is 0 Å². The number of hydrogen-bond donors (Lipinski definition) is 0. The Kier molecular flexibility index (Phi) is 6.68. The minimum absolute atomic E-state index is 1.03. The lowest BCUT2D eigenvalue weighted by Gasteiger charge is -2.01. The van der Waals surface area contributed by atoms with E-state index < -0.39 is 0 Å². The molecule has 1 heteroatoms. The molecule has 0 aromatic heterocycles. The third-order valence-corrected chi connectivity index (χ3v) is 3.79. The van der Waals surface area contributed by atoms with Crippen molar-refractivity contribution in [3.05, 3.63) is 70.8 Å². The topological polar surface area (TPSA) is 0 Å². The maximum Gasteiger partial charge on any atom is -0.0100 e. The van der Waals surface area contributed by atoms with Gasteiger partial charge < -0.3 is 0 Å². The van der Waals surface area contributed by atoms with E-state index in [4.69, 9.17) is 0 Å². The van der Waals surface area contributed by atoms with Crippen LogP contribution >= 0.6 is 8.58 Å². The third-order valence-electron chi connectivity index (χ3n) is 3.05. The summed E-state index contributed by atoms with van der Waals surface area (Å²) in [6, 6.07) is 17.0. The molecule has 0 aliphatic carbocycles. The number of aryl methyl sites for hydroxylation is 3. The van der Waals surface area contributed by atoms with Gasteiger partial charge in [0.15, 0.2) is 0 Å². The summed E-state index contributed by atoms with van der Waals surface area (Å²) in [5.74, 6) is 0. The van der Waals surface area contributed by atoms with E-state index in [-0.39, 0.29) is 0 Å². The molecule has 0 fully saturated rings. The van der Waals surface area contributed by atoms with Crippen LogP contribution in [0.5, 0.6) is 0 Å². The summed E-state index contributed by atoms with van der Waals surface area (Å²) in [6.07, 6.45) is 1.24. The molecular formula is C17H23P. The highest BCUT2D eigenvalue weighted by Gasteiger charge is 1.92. The molecule has 18 heavy (non-hydrogen) atoms. The summed E-state index contributed by atoms with van der Waals surface area (Å²) < 4.78 is 0. The lowest BCUT2D eigenvalue weighted by molar-refractivity contribution is 1.31. The first-order valence-corrected chi connectivity index (χ1v) is 8.07. The van der Waals surface area contributed by atoms with Crippen molar-refractivity contribution < 1.29 is 0 Å². The SMILES string of the molecule is CPCc1ccccc1C.Cc1ccccc1C. The minimum Gasteiger partial charge on any atom is -0.121 e. The lowest BCUT2D eigenvalue weighted by atomic mass is 10.1. The fourth-order valence-electron chi connectivity index (χ4n) is 1.66. The fraction of sp³-hybridized carbons (Fsp3) is 0.294. The van der Waals surface area contributed by atoms with Gasteiger partial charge in [-0.05, 0) is 55.9 Å². The van der Waals surface area contributed by atoms with Gasteiger partial charge in [0, 0.05) is 0 Å². The zero-order valence-corrected chi connectivity index (χ0v) is 12.8. The predicted octanol–water partition coefficient (Wildman–Crippen LogP) is 5.11. The van der Waals surface area contributed by atoms with Gasteiger partial charge in [0.2, 0.25) is 0 Å². The van der Waals surface area contributed by atoms with Crippen LogP contribution in [0.15, 0.2) is 48.5 Å². The highest BCUT2D eigenvalue weighted by atomic mass is 31.1. The van der Waals surface area contributed by atoms with Gasteiger partial charge in [-0.2, -0.15) is 0 Å². The number of rotatable bonds is 2. The molecule has 1 atom stereocenters. The summed E-state index contributed by atoms with van der Waals surface area (Å²) in [7, 11) is 1.03. The molecule has 0 N–H and O–H groups in total. The number of benzene rings is 2. The lowest BCUT2D eigenvalue weighted by Crippen LogP contribution is -1.82. The van der Waals surface area contributed by atoms with Crippen LogP contribution in [0, 0.1) is 20.8 Å². The van der Waals surface area contributed by atoms with Gasteiger partial charge in [-0.25, -0.2) is 0 Å². The second kappa shape index (κ2) is 8.06. The minimum atomic E-state index is 1.03. The molecule has 1 unspecified atom stereocenters. The summed E-state index contributed by atoms with van der Waals surface area (Å²) in [5.41, 5.74) is 5.67. The molecule has 0 aliphatic rings. The monoisotopic (exact) mass is 258 g/mol. The van der Waals surface area contributed by atoms with Crippen LogP contribution in [-0.4, -0.2) is 6.66 Å². The van der Waals surface area contributed by atoms with Gasteiger partial charge in [-0.15, -0.1) is 8.58 Å². The Morgan fingerprint density at radius 1 is 0.722 bits per heavy atom. The zero-order chi connectivity index (χ0) is 13.4. The van der Waals surface area contributed by atoms with E-state index in [0.717, 1.165) is 8.58 Å². The van der Waals surface area contributed by atoms with Crippen molar-refractivity contribution in [1.82, 2.24) is 0 Å². The molecule has 0 heterocycles. The van der Waals surface area contributed by atoms with Crippen LogP contribution in [0.2, 0.25) is 0 Å². The van der Waals surface area contributed by atoms with Crippen molar-refractivity contribution in [1.29, 1.82) is 0 Å². The second-order valence-corrected chi connectivity index (χ2v) is 5.60. The normalized spacial score (nSPS) is 10.2. The molecule has 0 nitrogen and oxygen atoms in total. The van der Waals surface area contributed by atoms with E-state index in [1.165, 1.54) is 28.4 Å². The Labute approximate surface area is 113 Å². The highest BCUT2D eigenvalue weighted by molar-refractivity contribution is 7.36. The van der Waals surface area contributed by atoms with Gasteiger partial charge in [0.25, 0.3) is 0 Å². The Hall–Kier alpha value is -1.13. The van der Waals surface area contributed by atoms with Gasteiger partial charge in [-0.3, -0.25) is 0 Å². The fourth-order valence-corrected chi connectivity index (χ4v) is 2.44. The summed E-state index contributed by atoms with van der Waals surface area (Å²) in [5, 5.41) is 0. The largest absolute Gasteiger partial charge is 0.121 e. The number of hydrogen-bond acceptors (Lipinski definition) is 0. The molecule has 2 aromatic carbocycles. The van der Waals surface area contributed by atoms with E-state index in [9.17, 15) is 0 Å². The Morgan fingerprint density at radius 3 is 1.56 bits per heavy atom. The van der Waals surface area contributed by atoms with Gasteiger partial charge in [-0.1, -0.05) is 48.5 Å². The molecular weight excluding hydrogens is 235 g/mol. The van der Waals surface area contributed by atoms with Crippen molar-refractivity contribution in [2.24, 2.45) is 0 Å². The molecule has 0 aliphatic heterocycles. The first kappa shape index (κ1) is 14.9. The second-order valence-electron chi connectivity index (χ2n) is 4.54. The van der Waals surface area contributed by atoms with Gasteiger partial charge in [0.05, 0.1) is 0 Å². The Morgan fingerprint density at radius 2 is 1.17 bits per heavy atom. The Bertz CT molecular complexity index is 454. The average molecular weight is 258 g/mol. The first-order valence-electron chi connectivity index (χ1n) is 6.36. The van der Waals surface area contributed by atoms with Gasteiger partial charge >= 0.3 is 0 Å². The van der Waals surface area contributed by atoms with E-state index >= 15 is 0 Å². The maximum absolute atomic E-state index is 2.24. The average Bonchev–Trinajstić information content (AvgIpc) is 2.37. The van der Waals surface area contributed by atoms with Crippen LogP contribution < -0.4 is 0 Å². The van der Waals surface area contributed by atoms with Crippen LogP contribution in [0.25, 0.3) is 0 Å². The van der Waals surface area contributed by atoms with Crippen molar-refractivity contribution in [3.8, 4) is 0 Å². The van der Waals surface area contributed by atoms with Crippen LogP contribution in [-0.2, 0) is 6.16 Å². The van der Waals surface area contributed by atoms with Crippen LogP contribution in [0.3, 0.4) is 0 Å². The van der Waals surface area contributed by atoms with Crippen molar-refractivity contribution in [3.63, 3.8) is 0 Å². The van der Waals surface area contributed by atoms with Crippen LogP contribution in [0.1, 0.15) is 22.3 Å². The standard InChI is InChI=1S/C9H13P.C8H10/c1-8-5-3-4-6-9(8)7-10-2;1-7-5-3-4-6-8(7)2/h3-6,10H,7H2,1-2H3;3-6H,1-2H3. The first-order chi connectivity index (χ1) is 8.65. The predicted molar refractivity (Wildman–Crippen MR) is 85.0 cm³/mol. The smallest absolute Gasteiger partial charge is 0.0100 e. The third kappa shape index (κ3) is 5.02. The Balaban J connectivity index is 0.000000184. The van der Waals surface area contributed by atoms with Crippen molar-refractivity contribution in [2.75, 3.05) is 6.66 Å².